The second-order valence-electron chi connectivity index (χ2n) is 5.32. The molecule has 1 heterocycles. The molecular formula is C18H16FN3O3S. The minimum atomic E-state index is -3.83. The molecule has 0 aliphatic carbocycles. The topological polar surface area (TPSA) is 80.3 Å². The van der Waals surface area contributed by atoms with Crippen LogP contribution in [0.25, 0.3) is 0 Å². The molecule has 0 saturated heterocycles. The minimum Gasteiger partial charge on any atom is -0.495 e. The van der Waals surface area contributed by atoms with Gasteiger partial charge in [0, 0.05) is 0 Å². The van der Waals surface area contributed by atoms with E-state index in [2.05, 4.69) is 15.0 Å². The van der Waals surface area contributed by atoms with Gasteiger partial charge in [-0.1, -0.05) is 12.1 Å². The molecule has 0 bridgehead atoms. The first-order valence-electron chi connectivity index (χ1n) is 7.62. The zero-order valence-corrected chi connectivity index (χ0v) is 14.6. The van der Waals surface area contributed by atoms with Gasteiger partial charge in [-0.3, -0.25) is 4.72 Å². The van der Waals surface area contributed by atoms with Gasteiger partial charge in [0.15, 0.2) is 0 Å². The summed E-state index contributed by atoms with van der Waals surface area (Å²) in [6.07, 6.45) is 1.49. The number of para-hydroxylation sites is 2. The summed E-state index contributed by atoms with van der Waals surface area (Å²) in [5, 5.41) is 3.15. The van der Waals surface area contributed by atoms with Crippen LogP contribution >= 0.6 is 0 Å². The summed E-state index contributed by atoms with van der Waals surface area (Å²) in [5.41, 5.74) is 1.43. The predicted octanol–water partition coefficient (Wildman–Crippen LogP) is 3.77. The normalized spacial score (nSPS) is 11.0. The summed E-state index contributed by atoms with van der Waals surface area (Å²) in [6.45, 7) is 0. The van der Waals surface area contributed by atoms with Gasteiger partial charge in [0.25, 0.3) is 10.0 Å². The third kappa shape index (κ3) is 4.09. The van der Waals surface area contributed by atoms with E-state index in [1.807, 2.05) is 24.3 Å². The van der Waals surface area contributed by atoms with Crippen molar-refractivity contribution in [2.75, 3.05) is 17.1 Å². The Morgan fingerprint density at radius 3 is 2.38 bits per heavy atom. The first-order chi connectivity index (χ1) is 12.5. The third-order valence-electron chi connectivity index (χ3n) is 3.51. The lowest BCUT2D eigenvalue weighted by Gasteiger charge is -2.11. The van der Waals surface area contributed by atoms with E-state index in [9.17, 15) is 12.8 Å². The highest BCUT2D eigenvalue weighted by Crippen LogP contribution is 2.27. The number of methoxy groups -OCH3 is 1. The van der Waals surface area contributed by atoms with E-state index in [-0.39, 0.29) is 10.7 Å². The molecule has 0 fully saturated rings. The van der Waals surface area contributed by atoms with E-state index >= 15 is 0 Å². The van der Waals surface area contributed by atoms with Crippen molar-refractivity contribution in [1.82, 2.24) is 4.98 Å². The highest BCUT2D eigenvalue weighted by molar-refractivity contribution is 7.92. The number of hydrogen-bond donors (Lipinski definition) is 2. The van der Waals surface area contributed by atoms with Gasteiger partial charge >= 0.3 is 0 Å². The van der Waals surface area contributed by atoms with Crippen molar-refractivity contribution in [3.05, 3.63) is 72.7 Å². The molecule has 0 aliphatic rings. The van der Waals surface area contributed by atoms with Gasteiger partial charge < -0.3 is 10.1 Å². The van der Waals surface area contributed by atoms with Crippen molar-refractivity contribution < 1.29 is 17.5 Å². The smallest absolute Gasteiger partial charge is 0.263 e. The van der Waals surface area contributed by atoms with Gasteiger partial charge in [0.1, 0.15) is 17.4 Å². The molecule has 2 N–H and O–H groups in total. The lowest BCUT2D eigenvalue weighted by atomic mass is 10.3. The zero-order valence-electron chi connectivity index (χ0n) is 13.8. The second-order valence-corrected chi connectivity index (χ2v) is 7.00. The van der Waals surface area contributed by atoms with Crippen LogP contribution in [-0.4, -0.2) is 20.5 Å². The van der Waals surface area contributed by atoms with Crippen LogP contribution in [0.5, 0.6) is 5.75 Å². The minimum absolute atomic E-state index is 0.0445. The van der Waals surface area contributed by atoms with Crippen molar-refractivity contribution in [3.8, 4) is 5.75 Å². The molecule has 8 heteroatoms. The fourth-order valence-electron chi connectivity index (χ4n) is 2.24. The molecule has 0 radical (unpaired) electrons. The maximum absolute atomic E-state index is 12.9. The fourth-order valence-corrected chi connectivity index (χ4v) is 3.25. The van der Waals surface area contributed by atoms with E-state index in [1.54, 1.807) is 13.2 Å². The van der Waals surface area contributed by atoms with Crippen LogP contribution in [0.3, 0.4) is 0 Å². The highest BCUT2D eigenvalue weighted by atomic mass is 32.2. The third-order valence-corrected chi connectivity index (χ3v) is 4.88. The van der Waals surface area contributed by atoms with Crippen LogP contribution in [-0.2, 0) is 10.0 Å². The largest absolute Gasteiger partial charge is 0.495 e. The quantitative estimate of drug-likeness (QED) is 0.687. The van der Waals surface area contributed by atoms with Crippen LogP contribution in [0, 0.1) is 5.82 Å². The van der Waals surface area contributed by atoms with Gasteiger partial charge in [-0.2, -0.15) is 0 Å². The molecule has 2 aromatic carbocycles. The second kappa shape index (κ2) is 7.40. The molecule has 6 nitrogen and oxygen atoms in total. The van der Waals surface area contributed by atoms with Crippen LogP contribution in [0.2, 0.25) is 0 Å². The van der Waals surface area contributed by atoms with Gasteiger partial charge in [-0.05, 0) is 48.5 Å². The monoisotopic (exact) mass is 373 g/mol. The van der Waals surface area contributed by atoms with Crippen LogP contribution in [0.15, 0.2) is 71.8 Å². The molecule has 3 aromatic rings. The lowest BCUT2D eigenvalue weighted by molar-refractivity contribution is 0.417. The molecule has 134 valence electrons. The molecule has 3 rings (SSSR count). The number of ether oxygens (including phenoxy) is 1. The Morgan fingerprint density at radius 2 is 1.73 bits per heavy atom. The standard InChI is InChI=1S/C18H16FN3O3S/c1-25-17-5-3-2-4-16(17)21-14-8-11-18(20-12-14)22-26(23,24)15-9-6-13(19)7-10-15/h2-12,21H,1H3,(H,20,22). The van der Waals surface area contributed by atoms with E-state index in [0.29, 0.717) is 11.4 Å². The number of halogens is 1. The summed E-state index contributed by atoms with van der Waals surface area (Å²) < 4.78 is 45.1. The maximum Gasteiger partial charge on any atom is 0.263 e. The Bertz CT molecular complexity index is 991. The highest BCUT2D eigenvalue weighted by Gasteiger charge is 2.14. The summed E-state index contributed by atoms with van der Waals surface area (Å²) in [5.74, 6) is 0.322. The lowest BCUT2D eigenvalue weighted by Crippen LogP contribution is -2.13. The van der Waals surface area contributed by atoms with Gasteiger partial charge in [-0.25, -0.2) is 17.8 Å². The average Bonchev–Trinajstić information content (AvgIpc) is 2.64. The van der Waals surface area contributed by atoms with E-state index in [0.717, 1.165) is 17.8 Å². The van der Waals surface area contributed by atoms with Crippen LogP contribution in [0.1, 0.15) is 0 Å². The summed E-state index contributed by atoms with van der Waals surface area (Å²) in [4.78, 5) is 4.05. The Kier molecular flexibility index (Phi) is 5.04. The predicted molar refractivity (Wildman–Crippen MR) is 97.7 cm³/mol. The Morgan fingerprint density at radius 1 is 1.00 bits per heavy atom. The number of pyridine rings is 1. The van der Waals surface area contributed by atoms with Crippen molar-refractivity contribution >= 4 is 27.2 Å². The molecule has 26 heavy (non-hydrogen) atoms. The Balaban J connectivity index is 1.74. The maximum atomic E-state index is 12.9. The van der Waals surface area contributed by atoms with Crippen molar-refractivity contribution in [3.63, 3.8) is 0 Å². The van der Waals surface area contributed by atoms with E-state index in [1.165, 1.54) is 24.4 Å². The van der Waals surface area contributed by atoms with Gasteiger partial charge in [0.05, 0.1) is 29.6 Å². The molecule has 0 saturated carbocycles. The van der Waals surface area contributed by atoms with Crippen molar-refractivity contribution in [2.45, 2.75) is 4.90 Å². The molecule has 1 aromatic heterocycles. The zero-order chi connectivity index (χ0) is 18.6. The number of nitrogens with one attached hydrogen (secondary N) is 2. The summed E-state index contributed by atoms with van der Waals surface area (Å²) in [6, 6.07) is 15.2. The summed E-state index contributed by atoms with van der Waals surface area (Å²) in [7, 11) is -2.26. The molecule has 0 amide bonds. The molecule has 0 atom stereocenters. The Hall–Kier alpha value is -3.13. The van der Waals surface area contributed by atoms with Gasteiger partial charge in [0.2, 0.25) is 0 Å². The number of aromatic nitrogens is 1. The molecule has 0 aliphatic heterocycles. The van der Waals surface area contributed by atoms with Crippen LogP contribution < -0.4 is 14.8 Å². The molecular weight excluding hydrogens is 357 g/mol. The average molecular weight is 373 g/mol. The number of nitrogens with zero attached hydrogens (tertiary/aromatic N) is 1. The number of sulfonamides is 1. The van der Waals surface area contributed by atoms with E-state index < -0.39 is 15.8 Å². The SMILES string of the molecule is COc1ccccc1Nc1ccc(NS(=O)(=O)c2ccc(F)cc2)nc1. The van der Waals surface area contributed by atoms with Crippen LogP contribution in [0.4, 0.5) is 21.6 Å². The molecule has 0 unspecified atom stereocenters. The van der Waals surface area contributed by atoms with Crippen molar-refractivity contribution in [1.29, 1.82) is 0 Å². The Labute approximate surface area is 150 Å². The number of benzene rings is 2. The number of rotatable bonds is 6. The first kappa shape index (κ1) is 17.7. The number of hydrogen-bond acceptors (Lipinski definition) is 5. The first-order valence-corrected chi connectivity index (χ1v) is 9.11. The number of anilines is 3. The molecule has 0 spiro atoms. The van der Waals surface area contributed by atoms with E-state index in [4.69, 9.17) is 4.74 Å². The fraction of sp³-hybridized carbons (Fsp3) is 0.0556. The van der Waals surface area contributed by atoms with Gasteiger partial charge in [-0.15, -0.1) is 0 Å². The summed E-state index contributed by atoms with van der Waals surface area (Å²) >= 11 is 0. The van der Waals surface area contributed by atoms with Crippen molar-refractivity contribution in [2.24, 2.45) is 0 Å².